The first-order valence-corrected chi connectivity index (χ1v) is 13.4. The van der Waals surface area contributed by atoms with Crippen molar-refractivity contribution in [2.75, 3.05) is 32.7 Å². The number of likely N-dealkylation sites (tertiary alicyclic amines) is 1. The van der Waals surface area contributed by atoms with Crippen LogP contribution < -0.4 is 0 Å². The number of fused-ring (bicyclic) bond motifs is 1. The SMILES string of the molecule is CC(C)CCN(CCC(C)C)C(=O)c1ccc2nc(C3CC3)c(CCCN3CCCC3)n2c1. The number of aromatic nitrogens is 2. The van der Waals surface area contributed by atoms with Crippen LogP contribution >= 0.6 is 0 Å². The van der Waals surface area contributed by atoms with Crippen LogP contribution in [0.2, 0.25) is 0 Å². The van der Waals surface area contributed by atoms with Crippen molar-refractivity contribution in [3.05, 3.63) is 35.3 Å². The number of carbonyl (C=O) groups excluding carboxylic acids is 1. The van der Waals surface area contributed by atoms with Gasteiger partial charge in [0.2, 0.25) is 0 Å². The molecule has 0 radical (unpaired) electrons. The first-order chi connectivity index (χ1) is 15.9. The molecule has 1 amide bonds. The van der Waals surface area contributed by atoms with Gasteiger partial charge in [-0.3, -0.25) is 4.79 Å². The average Bonchev–Trinajstić information content (AvgIpc) is 3.37. The average molecular weight is 453 g/mol. The molecule has 0 bridgehead atoms. The van der Waals surface area contributed by atoms with Crippen molar-refractivity contribution in [1.82, 2.24) is 19.2 Å². The monoisotopic (exact) mass is 452 g/mol. The van der Waals surface area contributed by atoms with Gasteiger partial charge in [-0.15, -0.1) is 0 Å². The molecule has 0 N–H and O–H groups in total. The lowest BCUT2D eigenvalue weighted by Gasteiger charge is -2.24. The number of nitrogens with zero attached hydrogens (tertiary/aromatic N) is 4. The molecule has 0 aromatic carbocycles. The predicted molar refractivity (Wildman–Crippen MR) is 136 cm³/mol. The van der Waals surface area contributed by atoms with Crippen LogP contribution in [-0.4, -0.2) is 57.8 Å². The van der Waals surface area contributed by atoms with Crippen molar-refractivity contribution in [2.24, 2.45) is 11.8 Å². The molecule has 2 fully saturated rings. The number of rotatable bonds is 12. The number of carbonyl (C=O) groups is 1. The van der Waals surface area contributed by atoms with E-state index in [4.69, 9.17) is 4.98 Å². The van der Waals surface area contributed by atoms with Crippen molar-refractivity contribution in [3.63, 3.8) is 0 Å². The van der Waals surface area contributed by atoms with Crippen molar-refractivity contribution in [1.29, 1.82) is 0 Å². The van der Waals surface area contributed by atoms with Gasteiger partial charge in [0.15, 0.2) is 0 Å². The van der Waals surface area contributed by atoms with Crippen molar-refractivity contribution < 1.29 is 4.79 Å². The number of pyridine rings is 1. The highest BCUT2D eigenvalue weighted by molar-refractivity contribution is 5.94. The lowest BCUT2D eigenvalue weighted by molar-refractivity contribution is 0.0740. The Labute approximate surface area is 200 Å². The Morgan fingerprint density at radius 3 is 2.33 bits per heavy atom. The third kappa shape index (κ3) is 6.38. The Morgan fingerprint density at radius 1 is 1.06 bits per heavy atom. The standard InChI is InChI=1S/C28H44N4O/c1-21(2)13-18-31(19-14-22(3)4)28(33)24-11-12-26-29-27(23-9-10-23)25(32(26)20-24)8-7-17-30-15-5-6-16-30/h11-12,20-23H,5-10,13-19H2,1-4H3. The maximum absolute atomic E-state index is 13.6. The van der Waals surface area contributed by atoms with E-state index < -0.39 is 0 Å². The summed E-state index contributed by atoms with van der Waals surface area (Å²) in [4.78, 5) is 23.2. The van der Waals surface area contributed by atoms with E-state index in [0.717, 1.165) is 43.6 Å². The second-order valence-corrected chi connectivity index (χ2v) is 11.2. The van der Waals surface area contributed by atoms with Gasteiger partial charge in [-0.25, -0.2) is 4.98 Å². The Morgan fingerprint density at radius 2 is 1.73 bits per heavy atom. The van der Waals surface area contributed by atoms with E-state index in [1.54, 1.807) is 0 Å². The van der Waals surface area contributed by atoms with Gasteiger partial charge in [0.25, 0.3) is 5.91 Å². The predicted octanol–water partition coefficient (Wildman–Crippen LogP) is 5.77. The normalized spacial score (nSPS) is 17.0. The topological polar surface area (TPSA) is 40.9 Å². The molecule has 2 aliphatic rings. The van der Waals surface area contributed by atoms with E-state index in [2.05, 4.69) is 54.2 Å². The van der Waals surface area contributed by atoms with Crippen LogP contribution in [0, 0.1) is 11.8 Å². The highest BCUT2D eigenvalue weighted by atomic mass is 16.2. The molecule has 0 spiro atoms. The van der Waals surface area contributed by atoms with Crippen LogP contribution in [-0.2, 0) is 6.42 Å². The van der Waals surface area contributed by atoms with E-state index in [1.807, 2.05) is 6.07 Å². The molecule has 5 heteroatoms. The van der Waals surface area contributed by atoms with Gasteiger partial charge < -0.3 is 14.2 Å². The van der Waals surface area contributed by atoms with E-state index in [9.17, 15) is 4.79 Å². The lowest BCUT2D eigenvalue weighted by Crippen LogP contribution is -2.34. The quantitative estimate of drug-likeness (QED) is 0.410. The third-order valence-electron chi connectivity index (χ3n) is 7.29. The molecule has 33 heavy (non-hydrogen) atoms. The summed E-state index contributed by atoms with van der Waals surface area (Å²) in [5, 5.41) is 0. The number of hydrogen-bond donors (Lipinski definition) is 0. The second-order valence-electron chi connectivity index (χ2n) is 11.2. The summed E-state index contributed by atoms with van der Waals surface area (Å²) in [6.45, 7) is 14.3. The summed E-state index contributed by atoms with van der Waals surface area (Å²) in [5.41, 5.74) is 4.44. The minimum Gasteiger partial charge on any atom is -0.339 e. The molecule has 1 aliphatic carbocycles. The van der Waals surface area contributed by atoms with E-state index >= 15 is 0 Å². The number of imidazole rings is 1. The van der Waals surface area contributed by atoms with Gasteiger partial charge in [0.05, 0.1) is 11.3 Å². The molecule has 3 heterocycles. The summed E-state index contributed by atoms with van der Waals surface area (Å²) >= 11 is 0. The van der Waals surface area contributed by atoms with Gasteiger partial charge in [-0.1, -0.05) is 27.7 Å². The first-order valence-electron chi connectivity index (χ1n) is 13.4. The zero-order valence-electron chi connectivity index (χ0n) is 21.4. The maximum atomic E-state index is 13.6. The summed E-state index contributed by atoms with van der Waals surface area (Å²) in [5.74, 6) is 1.99. The summed E-state index contributed by atoms with van der Waals surface area (Å²) in [6, 6.07) is 4.05. The van der Waals surface area contributed by atoms with Crippen LogP contribution in [0.15, 0.2) is 18.3 Å². The van der Waals surface area contributed by atoms with Gasteiger partial charge in [-0.05, 0) is 95.0 Å². The number of aryl methyl sites for hydroxylation is 1. The van der Waals surface area contributed by atoms with Crippen LogP contribution in [0.3, 0.4) is 0 Å². The minimum absolute atomic E-state index is 0.169. The molecule has 1 saturated carbocycles. The second kappa shape index (κ2) is 11.0. The fourth-order valence-corrected chi connectivity index (χ4v) is 4.97. The number of hydrogen-bond acceptors (Lipinski definition) is 3. The fourth-order valence-electron chi connectivity index (χ4n) is 4.97. The van der Waals surface area contributed by atoms with E-state index in [0.29, 0.717) is 17.8 Å². The molecule has 2 aromatic rings. The summed E-state index contributed by atoms with van der Waals surface area (Å²) < 4.78 is 2.24. The Hall–Kier alpha value is -1.88. The van der Waals surface area contributed by atoms with Crippen LogP contribution in [0.4, 0.5) is 0 Å². The Bertz CT molecular complexity index is 909. The molecule has 4 rings (SSSR count). The molecule has 1 aliphatic heterocycles. The molecule has 0 unspecified atom stereocenters. The number of amides is 1. The smallest absolute Gasteiger partial charge is 0.255 e. The van der Waals surface area contributed by atoms with Gasteiger partial charge in [-0.2, -0.15) is 0 Å². The molecular weight excluding hydrogens is 408 g/mol. The zero-order chi connectivity index (χ0) is 23.4. The molecular formula is C28H44N4O. The Kier molecular flexibility index (Phi) is 8.11. The van der Waals surface area contributed by atoms with Crippen LogP contribution in [0.5, 0.6) is 0 Å². The Balaban J connectivity index is 1.54. The molecule has 0 atom stereocenters. The zero-order valence-corrected chi connectivity index (χ0v) is 21.4. The third-order valence-corrected chi connectivity index (χ3v) is 7.29. The molecule has 5 nitrogen and oxygen atoms in total. The molecule has 1 saturated heterocycles. The highest BCUT2D eigenvalue weighted by Gasteiger charge is 2.30. The minimum atomic E-state index is 0.169. The summed E-state index contributed by atoms with van der Waals surface area (Å²) in [6.07, 6.45) is 11.6. The van der Waals surface area contributed by atoms with Gasteiger partial charge in [0.1, 0.15) is 5.65 Å². The highest BCUT2D eigenvalue weighted by Crippen LogP contribution is 2.41. The van der Waals surface area contributed by atoms with E-state index in [-0.39, 0.29) is 5.91 Å². The summed E-state index contributed by atoms with van der Waals surface area (Å²) in [7, 11) is 0. The van der Waals surface area contributed by atoms with Crippen molar-refractivity contribution in [3.8, 4) is 0 Å². The lowest BCUT2D eigenvalue weighted by atomic mass is 10.1. The van der Waals surface area contributed by atoms with Crippen LogP contribution in [0.1, 0.15) is 100 Å². The maximum Gasteiger partial charge on any atom is 0.255 e. The van der Waals surface area contributed by atoms with Gasteiger partial charge in [0, 0.05) is 30.9 Å². The van der Waals surface area contributed by atoms with Crippen molar-refractivity contribution in [2.45, 2.75) is 85.0 Å². The molecule has 2 aromatic heterocycles. The fraction of sp³-hybridized carbons (Fsp3) is 0.714. The largest absolute Gasteiger partial charge is 0.339 e. The van der Waals surface area contributed by atoms with Gasteiger partial charge >= 0.3 is 0 Å². The van der Waals surface area contributed by atoms with E-state index in [1.165, 1.54) is 63.1 Å². The molecule has 182 valence electrons. The van der Waals surface area contributed by atoms with Crippen molar-refractivity contribution >= 4 is 11.6 Å². The first kappa shape index (κ1) is 24.3. The van der Waals surface area contributed by atoms with Crippen LogP contribution in [0.25, 0.3) is 5.65 Å².